The van der Waals surface area contributed by atoms with E-state index < -0.39 is 0 Å². The normalized spacial score (nSPS) is 17.7. The maximum Gasteiger partial charge on any atom is 0.205 e. The molecule has 2 aromatic heterocycles. The Hall–Kier alpha value is -2.42. The van der Waals surface area contributed by atoms with Gasteiger partial charge in [-0.2, -0.15) is 4.37 Å². The van der Waals surface area contributed by atoms with Crippen LogP contribution in [0.5, 0.6) is 0 Å². The van der Waals surface area contributed by atoms with Crippen LogP contribution in [-0.4, -0.2) is 71.0 Å². The summed E-state index contributed by atoms with van der Waals surface area (Å²) in [7, 11) is 0. The first-order valence-corrected chi connectivity index (χ1v) is 11.8. The number of rotatable bonds is 6. The number of nitrogens with zero attached hydrogens (tertiary/aromatic N) is 7. The lowest BCUT2D eigenvalue weighted by Crippen LogP contribution is -2.52. The topological polar surface area (TPSA) is 72.8 Å². The first-order chi connectivity index (χ1) is 14.8. The van der Waals surface area contributed by atoms with Gasteiger partial charge in [0, 0.05) is 70.0 Å². The van der Waals surface area contributed by atoms with Crippen molar-refractivity contribution >= 4 is 28.4 Å². The van der Waals surface area contributed by atoms with Crippen molar-refractivity contribution in [1.82, 2.24) is 24.6 Å². The van der Waals surface area contributed by atoms with Gasteiger partial charge in [0.2, 0.25) is 5.13 Å². The second-order valence-corrected chi connectivity index (χ2v) is 8.44. The van der Waals surface area contributed by atoms with Crippen molar-refractivity contribution in [2.45, 2.75) is 39.7 Å². The number of piperazine rings is 1. The lowest BCUT2D eigenvalue weighted by atomic mass is 10.2. The number of anilines is 2. The number of aryl methyl sites for hydroxylation is 1. The quantitative estimate of drug-likeness (QED) is 0.559. The molecule has 4 rings (SSSR count). The number of guanidine groups is 1. The zero-order valence-corrected chi connectivity index (χ0v) is 18.9. The van der Waals surface area contributed by atoms with Gasteiger partial charge in [0.25, 0.3) is 0 Å². The number of hydrogen-bond donors (Lipinski definition) is 1. The molecule has 0 aliphatic carbocycles. The van der Waals surface area contributed by atoms with Crippen molar-refractivity contribution in [2.24, 2.45) is 4.99 Å². The molecule has 162 valence electrons. The highest BCUT2D eigenvalue weighted by molar-refractivity contribution is 7.09. The minimum Gasteiger partial charge on any atom is -0.357 e. The molecule has 2 aliphatic heterocycles. The molecule has 2 saturated heterocycles. The Morgan fingerprint density at radius 2 is 1.90 bits per heavy atom. The average molecular weight is 429 g/mol. The Balaban J connectivity index is 1.37. The van der Waals surface area contributed by atoms with E-state index in [-0.39, 0.29) is 0 Å². The van der Waals surface area contributed by atoms with Crippen LogP contribution in [0.1, 0.15) is 38.1 Å². The largest absolute Gasteiger partial charge is 0.357 e. The van der Waals surface area contributed by atoms with Crippen LogP contribution in [0, 0.1) is 0 Å². The van der Waals surface area contributed by atoms with E-state index in [4.69, 9.17) is 4.99 Å². The molecule has 30 heavy (non-hydrogen) atoms. The minimum absolute atomic E-state index is 0.669. The smallest absolute Gasteiger partial charge is 0.205 e. The fraction of sp³-hybridized carbons (Fsp3) is 0.619. The molecule has 4 heterocycles. The number of aromatic nitrogens is 3. The van der Waals surface area contributed by atoms with E-state index in [1.807, 2.05) is 6.20 Å². The summed E-state index contributed by atoms with van der Waals surface area (Å²) in [4.78, 5) is 21.2. The second-order valence-electron chi connectivity index (χ2n) is 7.71. The first-order valence-electron chi connectivity index (χ1n) is 11.1. The lowest BCUT2D eigenvalue weighted by Gasteiger charge is -2.36. The molecule has 0 spiro atoms. The minimum atomic E-state index is 0.669. The summed E-state index contributed by atoms with van der Waals surface area (Å²) in [5.74, 6) is 3.02. The van der Waals surface area contributed by atoms with Gasteiger partial charge in [0.1, 0.15) is 11.6 Å². The number of aliphatic imine (C=N–C) groups is 1. The summed E-state index contributed by atoms with van der Waals surface area (Å²) < 4.78 is 4.42. The van der Waals surface area contributed by atoms with E-state index in [1.54, 1.807) is 0 Å². The molecule has 8 nitrogen and oxygen atoms in total. The van der Waals surface area contributed by atoms with E-state index in [1.165, 1.54) is 29.9 Å². The Morgan fingerprint density at radius 1 is 1.10 bits per heavy atom. The highest BCUT2D eigenvalue weighted by Gasteiger charge is 2.22. The predicted molar refractivity (Wildman–Crippen MR) is 124 cm³/mol. The number of pyridine rings is 1. The maximum absolute atomic E-state index is 4.93. The Kier molecular flexibility index (Phi) is 6.99. The fourth-order valence-electron chi connectivity index (χ4n) is 3.90. The van der Waals surface area contributed by atoms with Crippen LogP contribution >= 0.6 is 11.5 Å². The third-order valence-corrected chi connectivity index (χ3v) is 6.42. The van der Waals surface area contributed by atoms with Gasteiger partial charge in [0.05, 0.1) is 6.54 Å². The van der Waals surface area contributed by atoms with Crippen LogP contribution < -0.4 is 15.1 Å². The molecule has 9 heteroatoms. The first kappa shape index (κ1) is 20.8. The fourth-order valence-corrected chi connectivity index (χ4v) is 4.70. The highest BCUT2D eigenvalue weighted by Crippen LogP contribution is 2.20. The van der Waals surface area contributed by atoms with E-state index in [0.717, 1.165) is 75.0 Å². The Labute approximate surface area is 183 Å². The van der Waals surface area contributed by atoms with E-state index in [0.29, 0.717) is 6.54 Å². The van der Waals surface area contributed by atoms with Crippen molar-refractivity contribution in [2.75, 3.05) is 55.6 Å². The molecule has 2 fully saturated rings. The molecular formula is C21H32N8S. The van der Waals surface area contributed by atoms with Crippen molar-refractivity contribution in [3.05, 3.63) is 29.7 Å². The average Bonchev–Trinajstić information content (AvgIpc) is 3.49. The van der Waals surface area contributed by atoms with Crippen LogP contribution in [0.15, 0.2) is 23.3 Å². The van der Waals surface area contributed by atoms with Crippen molar-refractivity contribution in [3.63, 3.8) is 0 Å². The van der Waals surface area contributed by atoms with Crippen LogP contribution in [0.25, 0.3) is 0 Å². The van der Waals surface area contributed by atoms with Crippen LogP contribution in [0.2, 0.25) is 0 Å². The number of nitrogens with one attached hydrogen (secondary N) is 1. The summed E-state index contributed by atoms with van der Waals surface area (Å²) in [5.41, 5.74) is 1.21. The monoisotopic (exact) mass is 428 g/mol. The van der Waals surface area contributed by atoms with Gasteiger partial charge in [0.15, 0.2) is 5.96 Å². The van der Waals surface area contributed by atoms with Gasteiger partial charge >= 0.3 is 0 Å². The van der Waals surface area contributed by atoms with Crippen molar-refractivity contribution < 1.29 is 0 Å². The van der Waals surface area contributed by atoms with Gasteiger partial charge < -0.3 is 20.0 Å². The van der Waals surface area contributed by atoms with Crippen molar-refractivity contribution in [1.29, 1.82) is 0 Å². The second kappa shape index (κ2) is 10.1. The maximum atomic E-state index is 4.93. The molecule has 0 bridgehead atoms. The van der Waals surface area contributed by atoms with Crippen LogP contribution in [0.3, 0.4) is 0 Å². The molecule has 0 saturated carbocycles. The molecule has 0 unspecified atom stereocenters. The third kappa shape index (κ3) is 5.00. The van der Waals surface area contributed by atoms with Gasteiger partial charge in [-0.25, -0.2) is 15.0 Å². The van der Waals surface area contributed by atoms with Gasteiger partial charge in [-0.15, -0.1) is 0 Å². The lowest BCUT2D eigenvalue weighted by molar-refractivity contribution is 0.372. The summed E-state index contributed by atoms with van der Waals surface area (Å²) in [6, 6.07) is 4.27. The summed E-state index contributed by atoms with van der Waals surface area (Å²) in [6.07, 6.45) is 5.33. The molecule has 0 radical (unpaired) electrons. The Bertz CT molecular complexity index is 837. The molecular weight excluding hydrogens is 396 g/mol. The molecule has 1 N–H and O–H groups in total. The standard InChI is InChI=1S/C21H32N8S/c1-3-18-25-21(30-26-18)29-13-11-28(12-14-29)20(22-4-2)24-16-17-7-8-23-19(15-17)27-9-5-6-10-27/h7-8,15H,3-6,9-14,16H2,1-2H3,(H,22,24). The van der Waals surface area contributed by atoms with E-state index in [9.17, 15) is 0 Å². The Morgan fingerprint density at radius 3 is 2.60 bits per heavy atom. The molecule has 0 amide bonds. The predicted octanol–water partition coefficient (Wildman–Crippen LogP) is 2.38. The highest BCUT2D eigenvalue weighted by atomic mass is 32.1. The van der Waals surface area contributed by atoms with Gasteiger partial charge in [-0.3, -0.25) is 0 Å². The third-order valence-electron chi connectivity index (χ3n) is 5.61. The SMILES string of the molecule is CCNC(=NCc1ccnc(N2CCCC2)c1)N1CCN(c2nc(CC)ns2)CC1. The summed E-state index contributed by atoms with van der Waals surface area (Å²) in [6.45, 7) is 11.7. The molecule has 0 atom stereocenters. The van der Waals surface area contributed by atoms with Gasteiger partial charge in [-0.1, -0.05) is 6.92 Å². The molecule has 2 aromatic rings. The summed E-state index contributed by atoms with van der Waals surface area (Å²) in [5, 5.41) is 4.51. The van der Waals surface area contributed by atoms with E-state index >= 15 is 0 Å². The zero-order valence-electron chi connectivity index (χ0n) is 18.0. The van der Waals surface area contributed by atoms with Gasteiger partial charge in [-0.05, 0) is 37.5 Å². The molecule has 0 aromatic carbocycles. The van der Waals surface area contributed by atoms with Crippen LogP contribution in [0.4, 0.5) is 10.9 Å². The van der Waals surface area contributed by atoms with Crippen molar-refractivity contribution in [3.8, 4) is 0 Å². The zero-order chi connectivity index (χ0) is 20.8. The van der Waals surface area contributed by atoms with Crippen LogP contribution in [-0.2, 0) is 13.0 Å². The molecule has 2 aliphatic rings. The number of hydrogen-bond acceptors (Lipinski definition) is 7. The summed E-state index contributed by atoms with van der Waals surface area (Å²) >= 11 is 1.51. The van der Waals surface area contributed by atoms with E-state index in [2.05, 4.69) is 60.3 Å².